The molecule has 152 valence electrons. The van der Waals surface area contributed by atoms with Gasteiger partial charge in [-0.25, -0.2) is 8.42 Å². The minimum absolute atomic E-state index is 0.0393. The first-order valence-corrected chi connectivity index (χ1v) is 10.4. The van der Waals surface area contributed by atoms with E-state index in [0.717, 1.165) is 12.1 Å². The predicted octanol–water partition coefficient (Wildman–Crippen LogP) is 2.76. The van der Waals surface area contributed by atoms with Crippen molar-refractivity contribution in [1.29, 1.82) is 0 Å². The monoisotopic (exact) mass is 406 g/mol. The molecule has 0 radical (unpaired) electrons. The van der Waals surface area contributed by atoms with Crippen molar-refractivity contribution in [3.8, 4) is 0 Å². The summed E-state index contributed by atoms with van der Waals surface area (Å²) in [5, 5.41) is 5.89. The molecule has 1 fully saturated rings. The molecule has 1 saturated carbocycles. The second-order valence-electron chi connectivity index (χ2n) is 8.02. The fourth-order valence-corrected chi connectivity index (χ4v) is 4.69. The number of halogens is 3. The van der Waals surface area contributed by atoms with Crippen LogP contribution in [0.1, 0.15) is 39.2 Å². The highest BCUT2D eigenvalue weighted by Gasteiger charge is 2.35. The zero-order valence-electron chi connectivity index (χ0n) is 15.6. The second-order valence-corrected chi connectivity index (χ2v) is 10.1. The molecule has 2 rings (SSSR count). The van der Waals surface area contributed by atoms with E-state index in [-0.39, 0.29) is 40.6 Å². The number of rotatable bonds is 6. The minimum Gasteiger partial charge on any atom is -0.350 e. The van der Waals surface area contributed by atoms with Crippen molar-refractivity contribution < 1.29 is 26.4 Å². The van der Waals surface area contributed by atoms with Gasteiger partial charge in [-0.2, -0.15) is 13.2 Å². The van der Waals surface area contributed by atoms with Crippen molar-refractivity contribution in [2.75, 3.05) is 12.3 Å². The Morgan fingerprint density at radius 1 is 1.19 bits per heavy atom. The average Bonchev–Trinajstić information content (AvgIpc) is 2.47. The van der Waals surface area contributed by atoms with Crippen LogP contribution in [0.5, 0.6) is 0 Å². The van der Waals surface area contributed by atoms with E-state index in [4.69, 9.17) is 0 Å². The van der Waals surface area contributed by atoms with E-state index < -0.39 is 21.6 Å². The Kier molecular flexibility index (Phi) is 6.26. The Labute approximate surface area is 157 Å². The molecule has 0 unspecified atom stereocenters. The van der Waals surface area contributed by atoms with Crippen molar-refractivity contribution in [2.24, 2.45) is 5.92 Å². The van der Waals surface area contributed by atoms with Crippen LogP contribution in [0, 0.1) is 5.92 Å². The molecular weight excluding hydrogens is 381 g/mol. The Morgan fingerprint density at radius 3 is 2.37 bits per heavy atom. The van der Waals surface area contributed by atoms with Gasteiger partial charge in [0.15, 0.2) is 9.84 Å². The van der Waals surface area contributed by atoms with E-state index in [1.54, 1.807) is 0 Å². The lowest BCUT2D eigenvalue weighted by molar-refractivity contribution is -0.137. The second kappa shape index (κ2) is 7.79. The van der Waals surface area contributed by atoms with Gasteiger partial charge in [0.25, 0.3) is 0 Å². The van der Waals surface area contributed by atoms with Gasteiger partial charge in [0, 0.05) is 11.6 Å². The van der Waals surface area contributed by atoms with E-state index in [1.807, 2.05) is 20.8 Å². The van der Waals surface area contributed by atoms with Crippen LogP contribution in [0.2, 0.25) is 0 Å². The predicted molar refractivity (Wildman–Crippen MR) is 95.9 cm³/mol. The van der Waals surface area contributed by atoms with Crippen LogP contribution in [0.15, 0.2) is 29.2 Å². The third-order valence-electron chi connectivity index (χ3n) is 4.28. The highest BCUT2D eigenvalue weighted by molar-refractivity contribution is 7.91. The molecule has 9 heteroatoms. The van der Waals surface area contributed by atoms with Crippen LogP contribution >= 0.6 is 0 Å². The summed E-state index contributed by atoms with van der Waals surface area (Å²) >= 11 is 0. The van der Waals surface area contributed by atoms with E-state index >= 15 is 0 Å². The molecule has 0 bridgehead atoms. The van der Waals surface area contributed by atoms with Gasteiger partial charge in [0.1, 0.15) is 0 Å². The number of carbonyl (C=O) groups is 1. The van der Waals surface area contributed by atoms with Gasteiger partial charge < -0.3 is 10.6 Å². The van der Waals surface area contributed by atoms with Crippen LogP contribution in [-0.4, -0.2) is 38.2 Å². The molecule has 0 aromatic heterocycles. The van der Waals surface area contributed by atoms with Crippen LogP contribution in [-0.2, 0) is 20.8 Å². The molecule has 27 heavy (non-hydrogen) atoms. The number of benzene rings is 1. The quantitative estimate of drug-likeness (QED) is 0.762. The molecule has 0 heterocycles. The normalized spacial score (nSPS) is 20.8. The van der Waals surface area contributed by atoms with Gasteiger partial charge in [-0.05, 0) is 57.7 Å². The van der Waals surface area contributed by atoms with Gasteiger partial charge in [-0.15, -0.1) is 0 Å². The smallest absolute Gasteiger partial charge is 0.350 e. The summed E-state index contributed by atoms with van der Waals surface area (Å²) in [6.07, 6.45) is -3.44. The van der Waals surface area contributed by atoms with Crippen molar-refractivity contribution in [1.82, 2.24) is 10.6 Å². The number of hydrogen-bond acceptors (Lipinski definition) is 4. The third-order valence-corrected chi connectivity index (χ3v) is 6.16. The average molecular weight is 406 g/mol. The summed E-state index contributed by atoms with van der Waals surface area (Å²) in [5.74, 6) is -0.462. The fraction of sp³-hybridized carbons (Fsp3) is 0.611. The first-order chi connectivity index (χ1) is 12.3. The maximum Gasteiger partial charge on any atom is 0.416 e. The Balaban J connectivity index is 1.85. The van der Waals surface area contributed by atoms with Crippen LogP contribution < -0.4 is 10.6 Å². The molecule has 0 atom stereocenters. The summed E-state index contributed by atoms with van der Waals surface area (Å²) in [7, 11) is -3.79. The van der Waals surface area contributed by atoms with Crippen molar-refractivity contribution in [3.05, 3.63) is 29.8 Å². The van der Waals surface area contributed by atoms with Crippen LogP contribution in [0.4, 0.5) is 13.2 Å². The summed E-state index contributed by atoms with van der Waals surface area (Å²) < 4.78 is 63.1. The highest BCUT2D eigenvalue weighted by atomic mass is 32.2. The van der Waals surface area contributed by atoms with Gasteiger partial charge in [0.05, 0.1) is 22.8 Å². The zero-order chi connectivity index (χ0) is 20.5. The molecular formula is C18H25F3N2O3S. The van der Waals surface area contributed by atoms with Gasteiger partial charge in [-0.1, -0.05) is 6.07 Å². The Morgan fingerprint density at radius 2 is 1.81 bits per heavy atom. The van der Waals surface area contributed by atoms with E-state index in [9.17, 15) is 26.4 Å². The first kappa shape index (κ1) is 21.7. The van der Waals surface area contributed by atoms with Crippen LogP contribution in [0.25, 0.3) is 0 Å². The minimum atomic E-state index is -4.58. The van der Waals surface area contributed by atoms with Gasteiger partial charge >= 0.3 is 6.18 Å². The Bertz CT molecular complexity index is 780. The zero-order valence-corrected chi connectivity index (χ0v) is 16.4. The highest BCUT2D eigenvalue weighted by Crippen LogP contribution is 2.33. The maximum atomic E-state index is 12.8. The molecule has 1 amide bonds. The number of amides is 1. The lowest BCUT2D eigenvalue weighted by atomic mass is 9.82. The lowest BCUT2D eigenvalue weighted by Crippen LogP contribution is -2.50. The van der Waals surface area contributed by atoms with Crippen molar-refractivity contribution >= 4 is 15.7 Å². The van der Waals surface area contributed by atoms with E-state index in [2.05, 4.69) is 10.6 Å². The standard InChI is InChI=1S/C18H25F3N2O3S/c1-17(2,3)23-16(24)10-22-14-7-12(8-14)11-27(25,26)15-6-4-5-13(9-15)18(19,20)21/h4-6,9,12,14,22H,7-8,10-11H2,1-3H3,(H,23,24)/t12-,14-. The van der Waals surface area contributed by atoms with Crippen molar-refractivity contribution in [3.63, 3.8) is 0 Å². The summed E-state index contributed by atoms with van der Waals surface area (Å²) in [4.78, 5) is 11.4. The number of hydrogen-bond donors (Lipinski definition) is 2. The number of alkyl halides is 3. The Hall–Kier alpha value is -1.61. The van der Waals surface area contributed by atoms with Gasteiger partial charge in [-0.3, -0.25) is 4.79 Å². The molecule has 2 N–H and O–H groups in total. The lowest BCUT2D eigenvalue weighted by Gasteiger charge is -2.36. The molecule has 1 aromatic carbocycles. The number of carbonyl (C=O) groups excluding carboxylic acids is 1. The molecule has 0 saturated heterocycles. The number of nitrogens with one attached hydrogen (secondary N) is 2. The third kappa shape index (κ3) is 6.49. The fourth-order valence-electron chi connectivity index (χ4n) is 3.01. The van der Waals surface area contributed by atoms with Crippen molar-refractivity contribution in [2.45, 2.75) is 56.3 Å². The first-order valence-electron chi connectivity index (χ1n) is 8.71. The van der Waals surface area contributed by atoms with Gasteiger partial charge in [0.2, 0.25) is 5.91 Å². The topological polar surface area (TPSA) is 75.3 Å². The molecule has 1 aliphatic carbocycles. The largest absolute Gasteiger partial charge is 0.416 e. The molecule has 0 spiro atoms. The maximum absolute atomic E-state index is 12.8. The summed E-state index contributed by atoms with van der Waals surface area (Å²) in [6, 6.07) is 3.87. The molecule has 5 nitrogen and oxygen atoms in total. The SMILES string of the molecule is CC(C)(C)NC(=O)CN[C@H]1C[C@H](CS(=O)(=O)c2cccc(C(F)(F)F)c2)C1. The van der Waals surface area contributed by atoms with E-state index in [1.165, 1.54) is 6.07 Å². The number of sulfone groups is 1. The molecule has 1 aromatic rings. The summed E-state index contributed by atoms with van der Waals surface area (Å²) in [5.41, 5.74) is -1.29. The van der Waals surface area contributed by atoms with E-state index in [0.29, 0.717) is 18.9 Å². The van der Waals surface area contributed by atoms with Crippen LogP contribution in [0.3, 0.4) is 0 Å². The molecule has 1 aliphatic rings. The molecule has 0 aliphatic heterocycles. The summed E-state index contributed by atoms with van der Waals surface area (Å²) in [6.45, 7) is 5.78.